The lowest BCUT2D eigenvalue weighted by molar-refractivity contribution is -0.143. The van der Waals surface area contributed by atoms with Crippen LogP contribution in [0.5, 0.6) is 0 Å². The number of hydrogen-bond acceptors (Lipinski definition) is 3. The van der Waals surface area contributed by atoms with Crippen molar-refractivity contribution in [1.29, 1.82) is 0 Å². The minimum Gasteiger partial charge on any atom is -0.481 e. The summed E-state index contributed by atoms with van der Waals surface area (Å²) in [5.74, 6) is -0.589. The van der Waals surface area contributed by atoms with Crippen molar-refractivity contribution in [3.8, 4) is 0 Å². The molecule has 29 heavy (non-hydrogen) atoms. The van der Waals surface area contributed by atoms with E-state index in [1.165, 1.54) is 29.5 Å². The number of carboxylic acid groups (broad SMARTS) is 1. The number of benzene rings is 1. The van der Waals surface area contributed by atoms with Gasteiger partial charge in [0.1, 0.15) is 5.60 Å². The maximum atomic E-state index is 11.2. The van der Waals surface area contributed by atoms with E-state index in [-0.39, 0.29) is 11.0 Å². The summed E-state index contributed by atoms with van der Waals surface area (Å²) in [6, 6.07) is 6.94. The Morgan fingerprint density at radius 2 is 1.52 bits per heavy atom. The van der Waals surface area contributed by atoms with Crippen LogP contribution in [-0.2, 0) is 27.2 Å². The van der Waals surface area contributed by atoms with Gasteiger partial charge in [0.2, 0.25) is 0 Å². The molecule has 2 aliphatic rings. The van der Waals surface area contributed by atoms with Crippen LogP contribution in [-0.4, -0.2) is 23.1 Å². The first kappa shape index (κ1) is 21.9. The van der Waals surface area contributed by atoms with Crippen molar-refractivity contribution in [2.24, 2.45) is 5.41 Å². The number of carboxylic acids is 1. The normalized spacial score (nSPS) is 18.2. The molecule has 160 valence electrons. The van der Waals surface area contributed by atoms with Gasteiger partial charge in [0, 0.05) is 0 Å². The zero-order valence-corrected chi connectivity index (χ0v) is 17.9. The molecule has 0 unspecified atom stereocenters. The molecule has 4 nitrogen and oxygen atoms in total. The molecule has 2 saturated carbocycles. The number of carbonyl (C=O) groups excluding carboxylic acids is 1. The topological polar surface area (TPSA) is 63.6 Å². The molecule has 0 amide bonds. The van der Waals surface area contributed by atoms with Gasteiger partial charge in [0.05, 0.1) is 5.41 Å². The average molecular weight is 401 g/mol. The largest absolute Gasteiger partial charge is 0.481 e. The molecule has 0 bridgehead atoms. The zero-order valence-electron chi connectivity index (χ0n) is 17.9. The van der Waals surface area contributed by atoms with Gasteiger partial charge in [-0.2, -0.15) is 0 Å². The predicted octanol–water partition coefficient (Wildman–Crippen LogP) is 5.77. The number of rotatable bonds is 15. The summed E-state index contributed by atoms with van der Waals surface area (Å²) >= 11 is 0. The summed E-state index contributed by atoms with van der Waals surface area (Å²) in [7, 11) is 0. The Bertz CT molecular complexity index is 701. The number of unbranched alkanes of at least 4 members (excludes halogenated alkanes) is 4. The van der Waals surface area contributed by atoms with Crippen LogP contribution in [0.15, 0.2) is 18.2 Å². The monoisotopic (exact) mass is 400 g/mol. The van der Waals surface area contributed by atoms with Gasteiger partial charge in [-0.25, -0.2) is 0 Å². The van der Waals surface area contributed by atoms with E-state index >= 15 is 0 Å². The second-order valence-electron chi connectivity index (χ2n) is 9.43. The van der Waals surface area contributed by atoms with E-state index in [0.717, 1.165) is 77.0 Å². The fourth-order valence-corrected chi connectivity index (χ4v) is 4.55. The molecular weight excluding hydrogens is 364 g/mol. The lowest BCUT2D eigenvalue weighted by Gasteiger charge is -2.13. The Balaban J connectivity index is 1.32. The molecule has 0 saturated heterocycles. The van der Waals surface area contributed by atoms with Gasteiger partial charge in [-0.15, -0.1) is 0 Å². The molecule has 0 atom stereocenters. The second kappa shape index (κ2) is 9.77. The molecule has 4 heteroatoms. The minimum absolute atomic E-state index is 0.122. The minimum atomic E-state index is -0.589. The van der Waals surface area contributed by atoms with Gasteiger partial charge in [0.25, 0.3) is 6.47 Å². The van der Waals surface area contributed by atoms with E-state index in [4.69, 9.17) is 4.74 Å². The molecule has 0 aromatic heterocycles. The van der Waals surface area contributed by atoms with Crippen molar-refractivity contribution < 1.29 is 19.4 Å². The quantitative estimate of drug-likeness (QED) is 0.300. The predicted molar refractivity (Wildman–Crippen MR) is 114 cm³/mol. The Kier molecular flexibility index (Phi) is 7.37. The van der Waals surface area contributed by atoms with E-state index in [2.05, 4.69) is 25.1 Å². The zero-order chi connectivity index (χ0) is 20.7. The number of aliphatic carboxylic acids is 1. The van der Waals surface area contributed by atoms with Crippen LogP contribution in [0.25, 0.3) is 0 Å². The third kappa shape index (κ3) is 6.58. The maximum Gasteiger partial charge on any atom is 0.309 e. The molecule has 2 fully saturated rings. The molecule has 3 rings (SSSR count). The average Bonchev–Trinajstić information content (AvgIpc) is 3.59. The van der Waals surface area contributed by atoms with Gasteiger partial charge in [-0.05, 0) is 88.7 Å². The molecule has 0 aliphatic heterocycles. The van der Waals surface area contributed by atoms with Crippen molar-refractivity contribution in [1.82, 2.24) is 0 Å². The molecule has 2 aliphatic carbocycles. The molecule has 1 aromatic rings. The van der Waals surface area contributed by atoms with Crippen LogP contribution in [0.3, 0.4) is 0 Å². The van der Waals surface area contributed by atoms with Crippen LogP contribution in [0.2, 0.25) is 0 Å². The Morgan fingerprint density at radius 3 is 2.07 bits per heavy atom. The summed E-state index contributed by atoms with van der Waals surface area (Å²) in [6.07, 6.45) is 14.6. The smallest absolute Gasteiger partial charge is 0.309 e. The van der Waals surface area contributed by atoms with Crippen LogP contribution in [0.1, 0.15) is 93.7 Å². The van der Waals surface area contributed by atoms with Crippen molar-refractivity contribution in [3.05, 3.63) is 34.9 Å². The van der Waals surface area contributed by atoms with Crippen molar-refractivity contribution >= 4 is 12.4 Å². The Labute approximate surface area is 175 Å². The molecule has 1 N–H and O–H groups in total. The van der Waals surface area contributed by atoms with Crippen molar-refractivity contribution in [2.75, 3.05) is 0 Å². The highest BCUT2D eigenvalue weighted by atomic mass is 16.5. The molecule has 0 spiro atoms. The highest BCUT2D eigenvalue weighted by molar-refractivity contribution is 5.77. The first-order valence-electron chi connectivity index (χ1n) is 11.4. The van der Waals surface area contributed by atoms with E-state index in [0.29, 0.717) is 6.47 Å². The van der Waals surface area contributed by atoms with Gasteiger partial charge >= 0.3 is 5.97 Å². The van der Waals surface area contributed by atoms with E-state index in [1.807, 2.05) is 0 Å². The standard InChI is InChI=1S/C25H36O4/c1-20-16-21(8-4-2-3-6-10-24(12-13-24)23(27)28)18-22(17-20)9-5-7-11-25(14-15-25)29-19-26/h16-19H,2-15H2,1H3,(H,27,28). The van der Waals surface area contributed by atoms with Crippen LogP contribution in [0.4, 0.5) is 0 Å². The van der Waals surface area contributed by atoms with Crippen molar-refractivity contribution in [2.45, 2.75) is 102 Å². The highest BCUT2D eigenvalue weighted by Gasteiger charge is 2.49. The summed E-state index contributed by atoms with van der Waals surface area (Å²) < 4.78 is 5.23. The molecule has 0 radical (unpaired) electrons. The van der Waals surface area contributed by atoms with E-state index < -0.39 is 5.97 Å². The maximum absolute atomic E-state index is 11.2. The molecule has 1 aromatic carbocycles. The fourth-order valence-electron chi connectivity index (χ4n) is 4.55. The number of aryl methyl sites for hydroxylation is 3. The summed E-state index contributed by atoms with van der Waals surface area (Å²) in [6.45, 7) is 2.78. The van der Waals surface area contributed by atoms with Crippen molar-refractivity contribution in [3.63, 3.8) is 0 Å². The van der Waals surface area contributed by atoms with Crippen LogP contribution < -0.4 is 0 Å². The van der Waals surface area contributed by atoms with Crippen LogP contribution >= 0.6 is 0 Å². The van der Waals surface area contributed by atoms with Crippen LogP contribution in [0, 0.1) is 12.3 Å². The molecule has 0 heterocycles. The Hall–Kier alpha value is -1.84. The first-order chi connectivity index (χ1) is 14.0. The highest BCUT2D eigenvalue weighted by Crippen LogP contribution is 2.50. The van der Waals surface area contributed by atoms with Gasteiger partial charge in [0.15, 0.2) is 0 Å². The fraction of sp³-hybridized carbons (Fsp3) is 0.680. The summed E-state index contributed by atoms with van der Waals surface area (Å²) in [5, 5.41) is 9.23. The lowest BCUT2D eigenvalue weighted by Crippen LogP contribution is -2.14. The van der Waals surface area contributed by atoms with Gasteiger partial charge < -0.3 is 9.84 Å². The second-order valence-corrected chi connectivity index (χ2v) is 9.43. The van der Waals surface area contributed by atoms with E-state index in [9.17, 15) is 14.7 Å². The SMILES string of the molecule is Cc1cc(CCCCCCC2(C(=O)O)CC2)cc(CCCCC2(OC=O)CC2)c1. The first-order valence-corrected chi connectivity index (χ1v) is 11.4. The van der Waals surface area contributed by atoms with Gasteiger partial charge in [-0.3, -0.25) is 9.59 Å². The van der Waals surface area contributed by atoms with E-state index in [1.54, 1.807) is 0 Å². The molecular formula is C25H36O4. The number of carbonyl (C=O) groups is 2. The van der Waals surface area contributed by atoms with Gasteiger partial charge in [-0.1, -0.05) is 43.0 Å². The summed E-state index contributed by atoms with van der Waals surface area (Å²) in [4.78, 5) is 21.8. The third-order valence-corrected chi connectivity index (χ3v) is 6.83. The third-order valence-electron chi connectivity index (χ3n) is 6.83. The lowest BCUT2D eigenvalue weighted by atomic mass is 9.96. The Morgan fingerprint density at radius 1 is 0.931 bits per heavy atom. The number of hydrogen-bond donors (Lipinski definition) is 1. The summed E-state index contributed by atoms with van der Waals surface area (Å²) in [5.41, 5.74) is 3.69. The number of ether oxygens (including phenoxy) is 1.